The van der Waals surface area contributed by atoms with Gasteiger partial charge in [0.15, 0.2) is 4.34 Å². The number of nitrogens with one attached hydrogen (secondary N) is 1. The highest BCUT2D eigenvalue weighted by molar-refractivity contribution is 8.01. The molecule has 34 heavy (non-hydrogen) atoms. The van der Waals surface area contributed by atoms with Crippen molar-refractivity contribution in [2.75, 3.05) is 51.0 Å². The van der Waals surface area contributed by atoms with Gasteiger partial charge < -0.3 is 19.7 Å². The minimum Gasteiger partial charge on any atom is -0.497 e. The minimum absolute atomic E-state index is 0.150. The summed E-state index contributed by atoms with van der Waals surface area (Å²) in [6, 6.07) is 14.1. The maximum atomic E-state index is 12.7. The van der Waals surface area contributed by atoms with Gasteiger partial charge in [-0.15, -0.1) is 10.2 Å². The summed E-state index contributed by atoms with van der Waals surface area (Å²) in [4.78, 5) is 17.1. The highest BCUT2D eigenvalue weighted by Crippen LogP contribution is 2.29. The third kappa shape index (κ3) is 5.63. The first-order valence-electron chi connectivity index (χ1n) is 11.3. The van der Waals surface area contributed by atoms with Crippen molar-refractivity contribution in [3.8, 4) is 11.5 Å². The summed E-state index contributed by atoms with van der Waals surface area (Å²) >= 11 is 2.88. The van der Waals surface area contributed by atoms with Crippen molar-refractivity contribution in [2.45, 2.75) is 17.3 Å². The van der Waals surface area contributed by atoms with Crippen LogP contribution in [0.2, 0.25) is 0 Å². The second-order valence-corrected chi connectivity index (χ2v) is 10.4. The Morgan fingerprint density at radius 3 is 2.91 bits per heavy atom. The molecule has 1 aromatic heterocycles. The lowest BCUT2D eigenvalue weighted by Crippen LogP contribution is -2.48. The molecule has 3 aromatic rings. The van der Waals surface area contributed by atoms with Crippen molar-refractivity contribution in [3.63, 3.8) is 0 Å². The molecule has 1 amide bonds. The lowest BCUT2D eigenvalue weighted by Gasteiger charge is -2.34. The Bertz CT molecular complexity index is 1150. The Balaban J connectivity index is 1.06. The van der Waals surface area contributed by atoms with Crippen molar-refractivity contribution >= 4 is 39.8 Å². The summed E-state index contributed by atoms with van der Waals surface area (Å²) in [7, 11) is 1.64. The van der Waals surface area contributed by atoms with Gasteiger partial charge in [0.25, 0.3) is 0 Å². The van der Waals surface area contributed by atoms with E-state index in [1.54, 1.807) is 7.11 Å². The van der Waals surface area contributed by atoms with Crippen LogP contribution in [-0.4, -0.2) is 71.6 Å². The van der Waals surface area contributed by atoms with Gasteiger partial charge in [0.1, 0.15) is 11.5 Å². The van der Waals surface area contributed by atoms with Crippen LogP contribution < -0.4 is 14.8 Å². The monoisotopic (exact) mass is 497 g/mol. The molecule has 3 heterocycles. The van der Waals surface area contributed by atoms with Crippen LogP contribution in [-0.2, 0) is 17.8 Å². The summed E-state index contributed by atoms with van der Waals surface area (Å²) in [6.45, 7) is 4.99. The molecule has 1 N–H and O–H groups in total. The smallest absolute Gasteiger partial charge is 0.233 e. The SMILES string of the molecule is COc1cccc(Nc2nnc(SCC(=O)N3CCN(Cc4ccc5c(c4)CCO5)CC3)s2)c1. The van der Waals surface area contributed by atoms with Crippen molar-refractivity contribution in [1.29, 1.82) is 0 Å². The van der Waals surface area contributed by atoms with Crippen molar-refractivity contribution < 1.29 is 14.3 Å². The van der Waals surface area contributed by atoms with Crippen molar-refractivity contribution in [2.24, 2.45) is 0 Å². The van der Waals surface area contributed by atoms with Gasteiger partial charge in [-0.1, -0.05) is 41.3 Å². The van der Waals surface area contributed by atoms with E-state index in [0.717, 1.165) is 67.3 Å². The predicted octanol–water partition coefficient (Wildman–Crippen LogP) is 3.66. The van der Waals surface area contributed by atoms with Gasteiger partial charge in [0, 0.05) is 50.9 Å². The Kier molecular flexibility index (Phi) is 7.17. The van der Waals surface area contributed by atoms with E-state index in [-0.39, 0.29) is 5.91 Å². The fourth-order valence-electron chi connectivity index (χ4n) is 4.11. The zero-order chi connectivity index (χ0) is 23.3. The molecule has 2 aliphatic rings. The normalized spacial score (nSPS) is 15.6. The number of anilines is 2. The van der Waals surface area contributed by atoms with Crippen LogP contribution in [0.3, 0.4) is 0 Å². The number of methoxy groups -OCH3 is 1. The number of fused-ring (bicyclic) bond motifs is 1. The molecule has 5 rings (SSSR count). The van der Waals surface area contributed by atoms with E-state index in [9.17, 15) is 4.79 Å². The molecule has 10 heteroatoms. The molecule has 1 saturated heterocycles. The van der Waals surface area contributed by atoms with Crippen LogP contribution in [0.4, 0.5) is 10.8 Å². The van der Waals surface area contributed by atoms with E-state index in [1.165, 1.54) is 34.2 Å². The molecule has 0 atom stereocenters. The third-order valence-electron chi connectivity index (χ3n) is 5.93. The topological polar surface area (TPSA) is 79.8 Å². The molecular formula is C24H27N5O3S2. The molecular weight excluding hydrogens is 470 g/mol. The first kappa shape index (κ1) is 22.9. The van der Waals surface area contributed by atoms with E-state index in [0.29, 0.717) is 10.9 Å². The first-order chi connectivity index (χ1) is 16.7. The van der Waals surface area contributed by atoms with E-state index in [2.05, 4.69) is 38.6 Å². The van der Waals surface area contributed by atoms with Gasteiger partial charge in [0.2, 0.25) is 11.0 Å². The number of hydrogen-bond acceptors (Lipinski definition) is 9. The Hall–Kier alpha value is -2.82. The van der Waals surface area contributed by atoms with Crippen molar-refractivity contribution in [3.05, 3.63) is 53.6 Å². The zero-order valence-corrected chi connectivity index (χ0v) is 20.7. The Morgan fingerprint density at radius 1 is 1.18 bits per heavy atom. The van der Waals surface area contributed by atoms with E-state index >= 15 is 0 Å². The number of rotatable bonds is 8. The Labute approximate surface area is 207 Å². The standard InChI is InChI=1S/C24H27N5O3S2/c1-31-20-4-2-3-19(14-20)25-23-26-27-24(34-23)33-16-22(30)29-10-8-28(9-11-29)15-17-5-6-21-18(13-17)7-12-32-21/h2-6,13-14H,7-12,15-16H2,1H3,(H,25,26). The van der Waals surface area contributed by atoms with Gasteiger partial charge in [-0.2, -0.15) is 0 Å². The van der Waals surface area contributed by atoms with Gasteiger partial charge in [-0.25, -0.2) is 0 Å². The number of hydrogen-bond donors (Lipinski definition) is 1. The van der Waals surface area contributed by atoms with Gasteiger partial charge in [-0.05, 0) is 29.3 Å². The number of piperazine rings is 1. The zero-order valence-electron chi connectivity index (χ0n) is 19.0. The van der Waals surface area contributed by atoms with Crippen LogP contribution >= 0.6 is 23.1 Å². The summed E-state index contributed by atoms with van der Waals surface area (Å²) in [5.74, 6) is 2.32. The highest BCUT2D eigenvalue weighted by Gasteiger charge is 2.22. The third-order valence-corrected chi connectivity index (χ3v) is 7.89. The average Bonchev–Trinajstić information content (AvgIpc) is 3.52. The average molecular weight is 498 g/mol. The van der Waals surface area contributed by atoms with Crippen LogP contribution in [0.1, 0.15) is 11.1 Å². The van der Waals surface area contributed by atoms with E-state index < -0.39 is 0 Å². The molecule has 0 saturated carbocycles. The second-order valence-electron chi connectivity index (χ2n) is 8.22. The van der Waals surface area contributed by atoms with Gasteiger partial charge >= 0.3 is 0 Å². The number of carbonyl (C=O) groups excluding carboxylic acids is 1. The lowest BCUT2D eigenvalue weighted by atomic mass is 10.1. The molecule has 8 nitrogen and oxygen atoms in total. The quantitative estimate of drug-likeness (QED) is 0.473. The first-order valence-corrected chi connectivity index (χ1v) is 13.1. The minimum atomic E-state index is 0.150. The molecule has 2 aliphatic heterocycles. The summed E-state index contributed by atoms with van der Waals surface area (Å²) in [5.41, 5.74) is 3.50. The Morgan fingerprint density at radius 2 is 2.06 bits per heavy atom. The number of benzene rings is 2. The predicted molar refractivity (Wildman–Crippen MR) is 134 cm³/mol. The number of carbonyl (C=O) groups is 1. The fourth-order valence-corrected chi connectivity index (χ4v) is 5.78. The van der Waals surface area contributed by atoms with Crippen LogP contribution in [0.25, 0.3) is 0 Å². The lowest BCUT2D eigenvalue weighted by molar-refractivity contribution is -0.130. The molecule has 1 fully saturated rings. The summed E-state index contributed by atoms with van der Waals surface area (Å²) in [5, 5.41) is 12.3. The fraction of sp³-hybridized carbons (Fsp3) is 0.375. The van der Waals surface area contributed by atoms with E-state index in [4.69, 9.17) is 9.47 Å². The maximum Gasteiger partial charge on any atom is 0.233 e. The second kappa shape index (κ2) is 10.6. The summed E-state index contributed by atoms with van der Waals surface area (Å²) in [6.07, 6.45) is 0.996. The van der Waals surface area contributed by atoms with Gasteiger partial charge in [-0.3, -0.25) is 9.69 Å². The molecule has 178 valence electrons. The van der Waals surface area contributed by atoms with Crippen molar-refractivity contribution in [1.82, 2.24) is 20.0 Å². The highest BCUT2D eigenvalue weighted by atomic mass is 32.2. The summed E-state index contributed by atoms with van der Waals surface area (Å²) < 4.78 is 11.6. The molecule has 0 unspecified atom stereocenters. The molecule has 0 radical (unpaired) electrons. The number of thioether (sulfide) groups is 1. The molecule has 2 aromatic carbocycles. The maximum absolute atomic E-state index is 12.7. The number of aromatic nitrogens is 2. The van der Waals surface area contributed by atoms with E-state index in [1.807, 2.05) is 29.2 Å². The van der Waals surface area contributed by atoms with Gasteiger partial charge in [0.05, 0.1) is 19.5 Å². The molecule has 0 aliphatic carbocycles. The number of ether oxygens (including phenoxy) is 2. The molecule has 0 bridgehead atoms. The number of amides is 1. The van der Waals surface area contributed by atoms with Crippen LogP contribution in [0.5, 0.6) is 11.5 Å². The largest absolute Gasteiger partial charge is 0.497 e. The molecule has 0 spiro atoms. The number of nitrogens with zero attached hydrogens (tertiary/aromatic N) is 4. The van der Waals surface area contributed by atoms with Crippen LogP contribution in [0, 0.1) is 0 Å². The van der Waals surface area contributed by atoms with Crippen LogP contribution in [0.15, 0.2) is 46.8 Å².